The van der Waals surface area contributed by atoms with Crippen molar-refractivity contribution in [2.24, 2.45) is 5.92 Å². The van der Waals surface area contributed by atoms with E-state index in [1.165, 1.54) is 33.9 Å². The summed E-state index contributed by atoms with van der Waals surface area (Å²) in [6.07, 6.45) is 2.27. The molecule has 0 spiro atoms. The molecule has 0 aliphatic rings. The first-order valence-electron chi connectivity index (χ1n) is 13.4. The van der Waals surface area contributed by atoms with Crippen molar-refractivity contribution >= 4 is 11.6 Å². The van der Waals surface area contributed by atoms with E-state index in [4.69, 9.17) is 14.6 Å². The Labute approximate surface area is 235 Å². The van der Waals surface area contributed by atoms with E-state index in [1.807, 2.05) is 20.8 Å². The molecular weight excluding hydrogens is 541 g/mol. The van der Waals surface area contributed by atoms with Crippen LogP contribution in [0.4, 0.5) is 13.2 Å². The van der Waals surface area contributed by atoms with Crippen molar-refractivity contribution in [3.8, 4) is 22.9 Å². The van der Waals surface area contributed by atoms with Crippen molar-refractivity contribution in [1.82, 2.24) is 29.5 Å². The Morgan fingerprint density at radius 2 is 2.00 bits per heavy atom. The fourth-order valence-electron chi connectivity index (χ4n) is 4.25. The molecule has 0 saturated carbocycles. The Balaban J connectivity index is 1.59. The van der Waals surface area contributed by atoms with E-state index in [-0.39, 0.29) is 48.5 Å². The van der Waals surface area contributed by atoms with Crippen LogP contribution in [0.5, 0.6) is 11.6 Å². The van der Waals surface area contributed by atoms with Crippen molar-refractivity contribution in [3.05, 3.63) is 59.8 Å². The largest absolute Gasteiger partial charge is 0.436 e. The van der Waals surface area contributed by atoms with Crippen LogP contribution in [0, 0.1) is 5.92 Å². The first kappa shape index (κ1) is 30.0. The number of carbonyl (C=O) groups is 1. The second-order valence-electron chi connectivity index (χ2n) is 9.77. The number of alkyl halides is 3. The Morgan fingerprint density at radius 3 is 2.71 bits per heavy atom. The summed E-state index contributed by atoms with van der Waals surface area (Å²) in [6.45, 7) is 6.94. The Morgan fingerprint density at radius 1 is 1.20 bits per heavy atom. The number of hydrogen-bond donors (Lipinski definition) is 2. The number of imidazole rings is 1. The van der Waals surface area contributed by atoms with Gasteiger partial charge in [-0.3, -0.25) is 13.9 Å². The highest BCUT2D eigenvalue weighted by molar-refractivity contribution is 5.95. The van der Waals surface area contributed by atoms with E-state index in [1.54, 1.807) is 18.2 Å². The van der Waals surface area contributed by atoms with Gasteiger partial charge in [0.15, 0.2) is 5.69 Å². The molecule has 1 aromatic carbocycles. The zero-order valence-corrected chi connectivity index (χ0v) is 23.1. The molecule has 13 heteroatoms. The topological polar surface area (TPSA) is 116 Å². The lowest BCUT2D eigenvalue weighted by Gasteiger charge is -2.12. The molecule has 0 saturated heterocycles. The standard InChI is InChI=1S/C28H33F3N6O4/c1-4-19-15-20(5-6-21(19)26(39)32-9-13-40-14-12-38)41-27-25-34-16-23(37(25)11-8-33-27)22-17-36(10-7-18(2)3)35-24(22)28(29,30)31/h5-6,8,11,15-18,38H,4,7,9-10,12-14H2,1-3H3,(H,32,39). The van der Waals surface area contributed by atoms with Crippen LogP contribution in [0.1, 0.15) is 48.8 Å². The number of aliphatic hydroxyl groups is 1. The van der Waals surface area contributed by atoms with E-state index in [0.717, 1.165) is 5.56 Å². The third-order valence-corrected chi connectivity index (χ3v) is 6.32. The summed E-state index contributed by atoms with van der Waals surface area (Å²) < 4.78 is 55.7. The van der Waals surface area contributed by atoms with E-state index in [9.17, 15) is 18.0 Å². The fraction of sp³-hybridized carbons (Fsp3) is 0.429. The molecule has 2 N–H and O–H groups in total. The molecule has 10 nitrogen and oxygen atoms in total. The van der Waals surface area contributed by atoms with Gasteiger partial charge in [-0.05, 0) is 42.5 Å². The van der Waals surface area contributed by atoms with Crippen LogP contribution in [0.25, 0.3) is 16.9 Å². The smallest absolute Gasteiger partial charge is 0.435 e. The number of amides is 1. The number of nitrogens with zero attached hydrogens (tertiary/aromatic N) is 5. The highest BCUT2D eigenvalue weighted by Gasteiger charge is 2.38. The molecule has 1 amide bonds. The lowest BCUT2D eigenvalue weighted by molar-refractivity contribution is -0.141. The maximum Gasteiger partial charge on any atom is 0.435 e. The SMILES string of the molecule is CCc1cc(Oc2nccn3c(-c4cn(CCC(C)C)nc4C(F)(F)F)cnc23)ccc1C(=O)NCCOCCO. The third kappa shape index (κ3) is 7.22. The number of hydrogen-bond acceptors (Lipinski definition) is 7. The summed E-state index contributed by atoms with van der Waals surface area (Å²) in [5, 5.41) is 15.4. The lowest BCUT2D eigenvalue weighted by atomic mass is 10.0. The molecule has 0 aliphatic carbocycles. The number of ether oxygens (including phenoxy) is 2. The van der Waals surface area contributed by atoms with Gasteiger partial charge in [0.05, 0.1) is 37.3 Å². The molecule has 3 aromatic heterocycles. The fourth-order valence-corrected chi connectivity index (χ4v) is 4.25. The second-order valence-corrected chi connectivity index (χ2v) is 9.77. The van der Waals surface area contributed by atoms with E-state index < -0.39 is 11.9 Å². The Hall–Kier alpha value is -3.97. The predicted octanol–water partition coefficient (Wildman–Crippen LogP) is 4.75. The van der Waals surface area contributed by atoms with E-state index >= 15 is 0 Å². The highest BCUT2D eigenvalue weighted by atomic mass is 19.4. The molecule has 0 fully saturated rings. The minimum Gasteiger partial charge on any atom is -0.436 e. The van der Waals surface area contributed by atoms with Crippen molar-refractivity contribution in [2.45, 2.75) is 46.3 Å². The number of carbonyl (C=O) groups excluding carboxylic acids is 1. The average molecular weight is 575 g/mol. The minimum atomic E-state index is -4.65. The molecule has 220 valence electrons. The maximum absolute atomic E-state index is 13.9. The number of benzene rings is 1. The monoisotopic (exact) mass is 574 g/mol. The van der Waals surface area contributed by atoms with Crippen molar-refractivity contribution in [2.75, 3.05) is 26.4 Å². The van der Waals surface area contributed by atoms with Crippen molar-refractivity contribution in [1.29, 1.82) is 0 Å². The molecule has 41 heavy (non-hydrogen) atoms. The Bertz CT molecular complexity index is 1480. The number of halogens is 3. The minimum absolute atomic E-state index is 0.0868. The molecule has 0 atom stereocenters. The van der Waals surface area contributed by atoms with Gasteiger partial charge in [0.25, 0.3) is 11.8 Å². The molecule has 4 aromatic rings. The van der Waals surface area contributed by atoms with Gasteiger partial charge in [-0.15, -0.1) is 0 Å². The van der Waals surface area contributed by atoms with Crippen LogP contribution in [0.2, 0.25) is 0 Å². The number of aromatic nitrogens is 5. The summed E-state index contributed by atoms with van der Waals surface area (Å²) >= 11 is 0. The normalized spacial score (nSPS) is 11.9. The van der Waals surface area contributed by atoms with Crippen LogP contribution in [0.15, 0.2) is 43.0 Å². The zero-order valence-electron chi connectivity index (χ0n) is 23.1. The number of fused-ring (bicyclic) bond motifs is 1. The molecule has 4 rings (SSSR count). The molecule has 0 bridgehead atoms. The van der Waals surface area contributed by atoms with Gasteiger partial charge in [0.2, 0.25) is 5.65 Å². The summed E-state index contributed by atoms with van der Waals surface area (Å²) in [6, 6.07) is 4.97. The molecule has 0 aliphatic heterocycles. The summed E-state index contributed by atoms with van der Waals surface area (Å²) in [5.74, 6) is 0.535. The quantitative estimate of drug-likeness (QED) is 0.222. The van der Waals surface area contributed by atoms with Crippen molar-refractivity contribution < 1.29 is 32.5 Å². The van der Waals surface area contributed by atoms with Gasteiger partial charge in [-0.2, -0.15) is 18.3 Å². The summed E-state index contributed by atoms with van der Waals surface area (Å²) in [7, 11) is 0. The van der Waals surface area contributed by atoms with Gasteiger partial charge < -0.3 is 19.9 Å². The molecular formula is C28H33F3N6O4. The van der Waals surface area contributed by atoms with Gasteiger partial charge in [-0.25, -0.2) is 9.97 Å². The zero-order chi connectivity index (χ0) is 29.6. The predicted molar refractivity (Wildman–Crippen MR) is 145 cm³/mol. The molecule has 3 heterocycles. The van der Waals surface area contributed by atoms with Gasteiger partial charge in [-0.1, -0.05) is 20.8 Å². The van der Waals surface area contributed by atoms with Crippen LogP contribution in [-0.4, -0.2) is 61.5 Å². The average Bonchev–Trinajstić information content (AvgIpc) is 3.56. The second kappa shape index (κ2) is 13.1. The summed E-state index contributed by atoms with van der Waals surface area (Å²) in [4.78, 5) is 21.2. The van der Waals surface area contributed by atoms with Gasteiger partial charge in [0, 0.05) is 37.2 Å². The van der Waals surface area contributed by atoms with Crippen LogP contribution >= 0.6 is 0 Å². The van der Waals surface area contributed by atoms with Crippen LogP contribution in [0.3, 0.4) is 0 Å². The molecule has 0 unspecified atom stereocenters. The van der Waals surface area contributed by atoms with Crippen LogP contribution in [-0.2, 0) is 23.9 Å². The number of aliphatic hydroxyl groups excluding tert-OH is 1. The van der Waals surface area contributed by atoms with E-state index in [2.05, 4.69) is 20.4 Å². The van der Waals surface area contributed by atoms with Crippen molar-refractivity contribution in [3.63, 3.8) is 0 Å². The van der Waals surface area contributed by atoms with Gasteiger partial charge in [0.1, 0.15) is 5.75 Å². The number of aryl methyl sites for hydroxylation is 2. The summed E-state index contributed by atoms with van der Waals surface area (Å²) in [5.41, 5.74) is 0.578. The highest BCUT2D eigenvalue weighted by Crippen LogP contribution is 2.37. The Kier molecular flexibility index (Phi) is 9.61. The number of rotatable bonds is 13. The first-order valence-corrected chi connectivity index (χ1v) is 13.4. The van der Waals surface area contributed by atoms with Gasteiger partial charge >= 0.3 is 6.18 Å². The molecule has 0 radical (unpaired) electrons. The number of nitrogens with one attached hydrogen (secondary N) is 1. The lowest BCUT2D eigenvalue weighted by Crippen LogP contribution is -2.28. The van der Waals surface area contributed by atoms with Crippen LogP contribution < -0.4 is 10.1 Å². The van der Waals surface area contributed by atoms with E-state index in [0.29, 0.717) is 43.2 Å². The maximum atomic E-state index is 13.9. The third-order valence-electron chi connectivity index (χ3n) is 6.32. The first-order chi connectivity index (χ1) is 19.6.